The fourth-order valence-electron chi connectivity index (χ4n) is 0. The van der Waals surface area contributed by atoms with Crippen LogP contribution in [-0.4, -0.2) is 0 Å². The maximum absolute atomic E-state index is 4.76. The molecule has 0 amide bonds. The van der Waals surface area contributed by atoms with E-state index >= 15 is 0 Å². The highest BCUT2D eigenvalue weighted by Gasteiger charge is 1.18. The third-order valence-electron chi connectivity index (χ3n) is 0. The third kappa shape index (κ3) is 1480. The molecule has 0 spiro atoms. The summed E-state index contributed by atoms with van der Waals surface area (Å²) in [5.74, 6) is 0. The summed E-state index contributed by atoms with van der Waals surface area (Å²) >= 11 is 4.76. The summed E-state index contributed by atoms with van der Waals surface area (Å²) in [6.07, 6.45) is 1.75. The van der Waals surface area contributed by atoms with Crippen LogP contribution in [0.3, 0.4) is 0 Å². The molecule has 0 aliphatic carbocycles. The zero-order valence-corrected chi connectivity index (χ0v) is 7.15. The van der Waals surface area contributed by atoms with Gasteiger partial charge < -0.3 is 0 Å². The standard InChI is InChI=1S/C3H6.C2H3Cl.2ClH/c1-3-2;1-2-3;;/h3H,1H2,2H3;2H,1H2;2*1H. The first-order chi connectivity index (χ1) is 2.83. The van der Waals surface area contributed by atoms with E-state index in [4.69, 9.17) is 11.6 Å². The van der Waals surface area contributed by atoms with Crippen molar-refractivity contribution in [1.82, 2.24) is 0 Å². The Hall–Kier alpha value is 0.350. The van der Waals surface area contributed by atoms with E-state index in [0.717, 1.165) is 0 Å². The van der Waals surface area contributed by atoms with Gasteiger partial charge in [-0.2, -0.15) is 0 Å². The van der Waals surface area contributed by atoms with Crippen LogP contribution in [0.4, 0.5) is 0 Å². The summed E-state index contributed by atoms with van der Waals surface area (Å²) < 4.78 is 0. The lowest BCUT2D eigenvalue weighted by molar-refractivity contribution is 1.80. The van der Waals surface area contributed by atoms with Gasteiger partial charge in [-0.1, -0.05) is 24.3 Å². The molecule has 0 rings (SSSR count). The average Bonchev–Trinajstić information content (AvgIpc) is 1.39. The smallest absolute Gasteiger partial charge is 0.00296 e. The van der Waals surface area contributed by atoms with E-state index in [9.17, 15) is 0 Å². The molecule has 0 aromatic rings. The maximum atomic E-state index is 4.76. The molecule has 8 heavy (non-hydrogen) atoms. The molecule has 0 fully saturated rings. The Kier molecular flexibility index (Phi) is 160. The SMILES string of the molecule is C=CC.C=CCl.Cl.Cl. The van der Waals surface area contributed by atoms with Crippen molar-refractivity contribution in [2.45, 2.75) is 6.92 Å². The van der Waals surface area contributed by atoms with Crippen LogP contribution in [0.25, 0.3) is 0 Å². The van der Waals surface area contributed by atoms with Crippen LogP contribution in [0, 0.1) is 0 Å². The Morgan fingerprint density at radius 3 is 1.25 bits per heavy atom. The van der Waals surface area contributed by atoms with Crippen molar-refractivity contribution >= 4 is 36.4 Å². The largest absolute Gasteiger partial charge is 0.147 e. The van der Waals surface area contributed by atoms with Gasteiger partial charge in [-0.25, -0.2) is 0 Å². The van der Waals surface area contributed by atoms with Crippen molar-refractivity contribution < 1.29 is 0 Å². The molecular formula is C5H11Cl3. The van der Waals surface area contributed by atoms with Crippen molar-refractivity contribution in [3.63, 3.8) is 0 Å². The number of rotatable bonds is 0. The van der Waals surface area contributed by atoms with Crippen molar-refractivity contribution in [2.24, 2.45) is 0 Å². The number of hydrogen-bond donors (Lipinski definition) is 0. The molecule has 0 aromatic heterocycles. The topological polar surface area (TPSA) is 0 Å². The minimum atomic E-state index is 0. The number of halogens is 3. The Bertz CT molecular complexity index is 28.7. The summed E-state index contributed by atoms with van der Waals surface area (Å²) in [5.41, 5.74) is 1.22. The maximum Gasteiger partial charge on any atom is -0.00296 e. The molecule has 0 N–H and O–H groups in total. The van der Waals surface area contributed by atoms with E-state index in [1.54, 1.807) is 6.08 Å². The molecule has 0 saturated carbocycles. The lowest BCUT2D eigenvalue weighted by atomic mass is 10.8. The van der Waals surface area contributed by atoms with Gasteiger partial charge in [0.2, 0.25) is 0 Å². The second kappa shape index (κ2) is 53.7. The van der Waals surface area contributed by atoms with Gasteiger partial charge in [0, 0.05) is 0 Å². The molecule has 3 heteroatoms. The predicted molar refractivity (Wildman–Crippen MR) is 46.4 cm³/mol. The molecule has 0 bridgehead atoms. The monoisotopic (exact) mass is 176 g/mol. The minimum absolute atomic E-state index is 0. The molecule has 0 aliphatic rings. The van der Waals surface area contributed by atoms with Gasteiger partial charge in [0.05, 0.1) is 0 Å². The van der Waals surface area contributed by atoms with E-state index in [1.165, 1.54) is 5.54 Å². The van der Waals surface area contributed by atoms with E-state index < -0.39 is 0 Å². The molecule has 0 radical (unpaired) electrons. The zero-order valence-electron chi connectivity index (χ0n) is 4.76. The van der Waals surface area contributed by atoms with Crippen LogP contribution in [0.2, 0.25) is 0 Å². The molecule has 52 valence electrons. The van der Waals surface area contributed by atoms with Crippen molar-refractivity contribution in [2.75, 3.05) is 0 Å². The first-order valence-corrected chi connectivity index (χ1v) is 2.05. The lowest BCUT2D eigenvalue weighted by Crippen LogP contribution is -1.07. The van der Waals surface area contributed by atoms with E-state index in [0.29, 0.717) is 0 Å². The highest BCUT2D eigenvalue weighted by atomic mass is 35.5. The fourth-order valence-corrected chi connectivity index (χ4v) is 0. The normalized spacial score (nSPS) is 3.25. The summed E-state index contributed by atoms with van der Waals surface area (Å²) in [5, 5.41) is 0. The molecule has 0 atom stereocenters. The van der Waals surface area contributed by atoms with Crippen LogP contribution in [0.5, 0.6) is 0 Å². The fraction of sp³-hybridized carbons (Fsp3) is 0.200. The summed E-state index contributed by atoms with van der Waals surface area (Å²) in [6, 6.07) is 0. The highest BCUT2D eigenvalue weighted by molar-refractivity contribution is 6.25. The van der Waals surface area contributed by atoms with Gasteiger partial charge in [-0.15, -0.1) is 31.4 Å². The molecule has 0 unspecified atom stereocenters. The van der Waals surface area contributed by atoms with Crippen molar-refractivity contribution in [3.8, 4) is 0 Å². The molecule has 0 aliphatic heterocycles. The van der Waals surface area contributed by atoms with Crippen LogP contribution < -0.4 is 0 Å². The van der Waals surface area contributed by atoms with Crippen molar-refractivity contribution in [3.05, 3.63) is 24.8 Å². The second-order valence-corrected chi connectivity index (χ2v) is 0.871. The highest BCUT2D eigenvalue weighted by Crippen LogP contribution is 1.60. The van der Waals surface area contributed by atoms with Gasteiger partial charge in [0.1, 0.15) is 0 Å². The summed E-state index contributed by atoms with van der Waals surface area (Å²) in [6.45, 7) is 8.38. The van der Waals surface area contributed by atoms with Crippen LogP contribution in [0.15, 0.2) is 24.8 Å². The van der Waals surface area contributed by atoms with Crippen LogP contribution in [-0.2, 0) is 0 Å². The average molecular weight is 178 g/mol. The Morgan fingerprint density at radius 2 is 1.25 bits per heavy atom. The van der Waals surface area contributed by atoms with Gasteiger partial charge in [0.25, 0.3) is 0 Å². The Balaban J connectivity index is -0.0000000160. The van der Waals surface area contributed by atoms with Crippen LogP contribution in [0.1, 0.15) is 6.92 Å². The van der Waals surface area contributed by atoms with Gasteiger partial charge in [0.15, 0.2) is 0 Å². The summed E-state index contributed by atoms with van der Waals surface area (Å²) in [4.78, 5) is 0. The lowest BCUT2D eigenvalue weighted by Gasteiger charge is -1.31. The van der Waals surface area contributed by atoms with Gasteiger partial charge in [-0.3, -0.25) is 0 Å². The number of hydrogen-bond acceptors (Lipinski definition) is 0. The molecule has 0 saturated heterocycles. The van der Waals surface area contributed by atoms with E-state index in [1.807, 2.05) is 6.92 Å². The summed E-state index contributed by atoms with van der Waals surface area (Å²) in [7, 11) is 0. The first kappa shape index (κ1) is 23.8. The molecule has 0 aromatic carbocycles. The van der Waals surface area contributed by atoms with Gasteiger partial charge in [-0.05, 0) is 12.5 Å². The van der Waals surface area contributed by atoms with Crippen LogP contribution >= 0.6 is 36.4 Å². The van der Waals surface area contributed by atoms with Gasteiger partial charge >= 0.3 is 0 Å². The second-order valence-electron chi connectivity index (χ2n) is 0.563. The Morgan fingerprint density at radius 1 is 1.25 bits per heavy atom. The van der Waals surface area contributed by atoms with E-state index in [2.05, 4.69) is 13.2 Å². The molecule has 0 nitrogen and oxygen atoms in total. The molecule has 0 heterocycles. The molecular weight excluding hydrogens is 166 g/mol. The zero-order chi connectivity index (χ0) is 5.41. The quantitative estimate of drug-likeness (QED) is 0.498. The first-order valence-electron chi connectivity index (χ1n) is 1.61. The number of allylic oxidation sites excluding steroid dienone is 1. The van der Waals surface area contributed by atoms with E-state index in [-0.39, 0.29) is 24.8 Å². The van der Waals surface area contributed by atoms with Crippen molar-refractivity contribution in [1.29, 1.82) is 0 Å². The Labute approximate surface area is 68.4 Å². The minimum Gasteiger partial charge on any atom is -0.147 e. The third-order valence-corrected chi connectivity index (χ3v) is 0. The predicted octanol–water partition coefficient (Wildman–Crippen LogP) is 3.40.